The Morgan fingerprint density at radius 3 is 2.55 bits per heavy atom. The van der Waals surface area contributed by atoms with Gasteiger partial charge in [-0.2, -0.15) is 10.2 Å². The molecule has 2 aromatic carbocycles. The van der Waals surface area contributed by atoms with Crippen LogP contribution in [0.4, 0.5) is 11.4 Å². The van der Waals surface area contributed by atoms with Gasteiger partial charge in [0.1, 0.15) is 17.9 Å². The van der Waals surface area contributed by atoms with Crippen molar-refractivity contribution in [2.45, 2.75) is 20.4 Å². The van der Waals surface area contributed by atoms with Crippen LogP contribution in [0.2, 0.25) is 0 Å². The molecule has 0 saturated heterocycles. The lowest BCUT2D eigenvalue weighted by Crippen LogP contribution is -2.20. The standard InChI is InChI=1S/C21H19N7O3/c1-13-19(28(30)31)14(2)27(26-13)12-18(29)22-17-11-7-6-10-16(17)21-23-20(24-25-21)15-8-4-3-5-9-15/h3-11H,12H2,1-2H3,(H,22,29)(H,23,24,25). The lowest BCUT2D eigenvalue weighted by Gasteiger charge is -2.10. The van der Waals surface area contributed by atoms with Crippen LogP contribution in [0.1, 0.15) is 11.4 Å². The van der Waals surface area contributed by atoms with Crippen molar-refractivity contribution in [3.63, 3.8) is 0 Å². The van der Waals surface area contributed by atoms with Gasteiger partial charge in [-0.1, -0.05) is 42.5 Å². The number of aromatic nitrogens is 5. The first-order valence-electron chi connectivity index (χ1n) is 9.49. The van der Waals surface area contributed by atoms with E-state index in [2.05, 4.69) is 25.6 Å². The number of carbonyl (C=O) groups is 1. The molecule has 0 unspecified atom stereocenters. The number of rotatable bonds is 6. The number of nitro groups is 1. The van der Waals surface area contributed by atoms with E-state index in [0.717, 1.165) is 5.56 Å². The molecule has 0 aliphatic carbocycles. The number of para-hydroxylation sites is 1. The minimum atomic E-state index is -0.490. The molecule has 0 aliphatic rings. The molecule has 2 N–H and O–H groups in total. The van der Waals surface area contributed by atoms with Gasteiger partial charge in [-0.05, 0) is 26.0 Å². The number of amides is 1. The Labute approximate surface area is 177 Å². The topological polar surface area (TPSA) is 132 Å². The van der Waals surface area contributed by atoms with Crippen molar-refractivity contribution in [3.8, 4) is 22.8 Å². The van der Waals surface area contributed by atoms with Crippen molar-refractivity contribution in [1.82, 2.24) is 25.0 Å². The third kappa shape index (κ3) is 4.04. The van der Waals surface area contributed by atoms with Crippen LogP contribution in [-0.2, 0) is 11.3 Å². The van der Waals surface area contributed by atoms with E-state index in [-0.39, 0.29) is 23.8 Å². The number of benzene rings is 2. The first-order chi connectivity index (χ1) is 14.9. The van der Waals surface area contributed by atoms with E-state index in [1.54, 1.807) is 26.0 Å². The smallest absolute Gasteiger partial charge is 0.312 e. The van der Waals surface area contributed by atoms with E-state index < -0.39 is 4.92 Å². The van der Waals surface area contributed by atoms with E-state index in [1.807, 2.05) is 42.5 Å². The van der Waals surface area contributed by atoms with Crippen LogP contribution < -0.4 is 5.32 Å². The molecule has 2 heterocycles. The minimum Gasteiger partial charge on any atom is -0.324 e. The van der Waals surface area contributed by atoms with Crippen LogP contribution in [0.15, 0.2) is 54.6 Å². The third-order valence-electron chi connectivity index (χ3n) is 4.79. The molecule has 2 aromatic heterocycles. The Balaban J connectivity index is 1.56. The van der Waals surface area contributed by atoms with Gasteiger partial charge in [0.05, 0.1) is 10.6 Å². The molecule has 10 heteroatoms. The van der Waals surface area contributed by atoms with E-state index in [9.17, 15) is 14.9 Å². The van der Waals surface area contributed by atoms with Gasteiger partial charge in [0.15, 0.2) is 11.6 Å². The van der Waals surface area contributed by atoms with Gasteiger partial charge in [-0.25, -0.2) is 4.98 Å². The first kappa shape index (κ1) is 20.0. The number of nitrogens with zero attached hydrogens (tertiary/aromatic N) is 5. The van der Waals surface area contributed by atoms with Gasteiger partial charge in [0.25, 0.3) is 0 Å². The van der Waals surface area contributed by atoms with Crippen molar-refractivity contribution < 1.29 is 9.72 Å². The third-order valence-corrected chi connectivity index (χ3v) is 4.79. The molecule has 0 saturated carbocycles. The maximum Gasteiger partial charge on any atom is 0.312 e. The Hall–Kier alpha value is -4.34. The molecule has 1 amide bonds. The number of nitrogens with one attached hydrogen (secondary N) is 2. The predicted octanol–water partition coefficient (Wildman–Crippen LogP) is 3.50. The van der Waals surface area contributed by atoms with Crippen LogP contribution in [0.5, 0.6) is 0 Å². The Bertz CT molecular complexity index is 1260. The van der Waals surface area contributed by atoms with E-state index >= 15 is 0 Å². The summed E-state index contributed by atoms with van der Waals surface area (Å²) in [6.07, 6.45) is 0. The normalized spacial score (nSPS) is 10.8. The highest BCUT2D eigenvalue weighted by Gasteiger charge is 2.23. The highest BCUT2D eigenvalue weighted by molar-refractivity contribution is 5.94. The quantitative estimate of drug-likeness (QED) is 0.365. The van der Waals surface area contributed by atoms with E-state index in [4.69, 9.17) is 0 Å². The van der Waals surface area contributed by atoms with Gasteiger partial charge in [-0.3, -0.25) is 24.7 Å². The zero-order chi connectivity index (χ0) is 22.0. The van der Waals surface area contributed by atoms with Gasteiger partial charge < -0.3 is 5.32 Å². The second kappa shape index (κ2) is 8.19. The highest BCUT2D eigenvalue weighted by atomic mass is 16.6. The van der Waals surface area contributed by atoms with Crippen molar-refractivity contribution in [2.75, 3.05) is 5.32 Å². The summed E-state index contributed by atoms with van der Waals surface area (Å²) in [5, 5.41) is 25.3. The van der Waals surface area contributed by atoms with Crippen LogP contribution in [0.3, 0.4) is 0 Å². The molecular formula is C21H19N7O3. The summed E-state index contributed by atoms with van der Waals surface area (Å²) < 4.78 is 1.33. The summed E-state index contributed by atoms with van der Waals surface area (Å²) >= 11 is 0. The fourth-order valence-corrected chi connectivity index (χ4v) is 3.33. The highest BCUT2D eigenvalue weighted by Crippen LogP contribution is 2.27. The summed E-state index contributed by atoms with van der Waals surface area (Å²) in [5.74, 6) is 0.693. The average Bonchev–Trinajstić information content (AvgIpc) is 3.34. The SMILES string of the molecule is Cc1nn(CC(=O)Nc2ccccc2-c2nc(-c3ccccc3)n[nH]2)c(C)c1[N+](=O)[O-]. The number of aromatic amines is 1. The molecule has 0 fully saturated rings. The number of carbonyl (C=O) groups excluding carboxylic acids is 1. The lowest BCUT2D eigenvalue weighted by atomic mass is 10.1. The van der Waals surface area contributed by atoms with Crippen LogP contribution >= 0.6 is 0 Å². The second-order valence-corrected chi connectivity index (χ2v) is 6.90. The van der Waals surface area contributed by atoms with Crippen LogP contribution in [0, 0.1) is 24.0 Å². The van der Waals surface area contributed by atoms with E-state index in [1.165, 1.54) is 4.68 Å². The second-order valence-electron chi connectivity index (χ2n) is 6.90. The van der Waals surface area contributed by atoms with Crippen molar-refractivity contribution in [1.29, 1.82) is 0 Å². The molecule has 4 aromatic rings. The fraction of sp³-hybridized carbons (Fsp3) is 0.143. The maximum atomic E-state index is 12.6. The Kier molecular flexibility index (Phi) is 5.27. The molecular weight excluding hydrogens is 398 g/mol. The van der Waals surface area contributed by atoms with Gasteiger partial charge >= 0.3 is 5.69 Å². The summed E-state index contributed by atoms with van der Waals surface area (Å²) in [5.41, 5.74) is 2.60. The summed E-state index contributed by atoms with van der Waals surface area (Å²) in [7, 11) is 0. The van der Waals surface area contributed by atoms with E-state index in [0.29, 0.717) is 28.6 Å². The molecule has 0 bridgehead atoms. The molecule has 156 valence electrons. The summed E-state index contributed by atoms with van der Waals surface area (Å²) in [6, 6.07) is 16.7. The number of hydrogen-bond donors (Lipinski definition) is 2. The molecule has 10 nitrogen and oxygen atoms in total. The fourth-order valence-electron chi connectivity index (χ4n) is 3.33. The monoisotopic (exact) mass is 417 g/mol. The number of aryl methyl sites for hydroxylation is 1. The average molecular weight is 417 g/mol. The Morgan fingerprint density at radius 2 is 1.84 bits per heavy atom. The van der Waals surface area contributed by atoms with Crippen molar-refractivity contribution in [3.05, 3.63) is 76.1 Å². The van der Waals surface area contributed by atoms with Crippen LogP contribution in [-0.4, -0.2) is 35.8 Å². The molecule has 0 radical (unpaired) electrons. The van der Waals surface area contributed by atoms with Gasteiger partial charge in [-0.15, -0.1) is 0 Å². The Morgan fingerprint density at radius 1 is 1.13 bits per heavy atom. The molecule has 0 spiro atoms. The first-order valence-corrected chi connectivity index (χ1v) is 9.49. The van der Waals surface area contributed by atoms with Gasteiger partial charge in [0.2, 0.25) is 5.91 Å². The number of hydrogen-bond acceptors (Lipinski definition) is 6. The molecule has 4 rings (SSSR count). The largest absolute Gasteiger partial charge is 0.324 e. The summed E-state index contributed by atoms with van der Waals surface area (Å²) in [6.45, 7) is 2.96. The number of H-pyrrole nitrogens is 1. The maximum absolute atomic E-state index is 12.6. The summed E-state index contributed by atoms with van der Waals surface area (Å²) in [4.78, 5) is 27.9. The number of anilines is 1. The van der Waals surface area contributed by atoms with Crippen molar-refractivity contribution in [2.24, 2.45) is 0 Å². The zero-order valence-corrected chi connectivity index (χ0v) is 16.9. The van der Waals surface area contributed by atoms with Crippen molar-refractivity contribution >= 4 is 17.3 Å². The zero-order valence-electron chi connectivity index (χ0n) is 16.9. The van der Waals surface area contributed by atoms with Crippen LogP contribution in [0.25, 0.3) is 22.8 Å². The lowest BCUT2D eigenvalue weighted by molar-refractivity contribution is -0.386. The molecule has 0 atom stereocenters. The minimum absolute atomic E-state index is 0.0803. The predicted molar refractivity (Wildman–Crippen MR) is 114 cm³/mol. The van der Waals surface area contributed by atoms with Gasteiger partial charge in [0, 0.05) is 11.1 Å². The molecule has 0 aliphatic heterocycles. The molecule has 31 heavy (non-hydrogen) atoms.